The summed E-state index contributed by atoms with van der Waals surface area (Å²) >= 11 is 0. The Bertz CT molecular complexity index is 1120. The molecular formula is C27H29N5O2. The SMILES string of the molecule is COC1CN(c2ccc(NC(=O)[C@@H](NC[C@H](C)c3ccc(C#N)cc3)c3ccccc3)nc2)C1. The second-order valence-electron chi connectivity index (χ2n) is 8.54. The number of nitriles is 1. The summed E-state index contributed by atoms with van der Waals surface area (Å²) in [6.45, 7) is 4.39. The van der Waals surface area contributed by atoms with Crippen molar-refractivity contribution in [3.05, 3.63) is 89.6 Å². The highest BCUT2D eigenvalue weighted by Gasteiger charge is 2.27. The zero-order valence-electron chi connectivity index (χ0n) is 19.4. The molecule has 1 fully saturated rings. The highest BCUT2D eigenvalue weighted by molar-refractivity contribution is 5.94. The topological polar surface area (TPSA) is 90.3 Å². The van der Waals surface area contributed by atoms with E-state index in [0.717, 1.165) is 29.9 Å². The first-order valence-electron chi connectivity index (χ1n) is 11.4. The van der Waals surface area contributed by atoms with Gasteiger partial charge in [0, 0.05) is 26.7 Å². The molecule has 2 aromatic carbocycles. The van der Waals surface area contributed by atoms with Crippen LogP contribution in [-0.4, -0.2) is 43.7 Å². The first-order chi connectivity index (χ1) is 16.6. The van der Waals surface area contributed by atoms with Crippen LogP contribution in [0.1, 0.15) is 35.6 Å². The zero-order chi connectivity index (χ0) is 23.9. The third-order valence-corrected chi connectivity index (χ3v) is 6.18. The van der Waals surface area contributed by atoms with Gasteiger partial charge in [-0.1, -0.05) is 49.4 Å². The summed E-state index contributed by atoms with van der Waals surface area (Å²) in [6.07, 6.45) is 2.04. The number of anilines is 2. The van der Waals surface area contributed by atoms with Gasteiger partial charge in [-0.05, 0) is 41.3 Å². The molecule has 7 nitrogen and oxygen atoms in total. The van der Waals surface area contributed by atoms with Crippen molar-refractivity contribution >= 4 is 17.4 Å². The van der Waals surface area contributed by atoms with Crippen molar-refractivity contribution < 1.29 is 9.53 Å². The zero-order valence-corrected chi connectivity index (χ0v) is 19.4. The lowest BCUT2D eigenvalue weighted by molar-refractivity contribution is -0.118. The molecular weight excluding hydrogens is 426 g/mol. The van der Waals surface area contributed by atoms with Crippen LogP contribution in [0.3, 0.4) is 0 Å². The fraction of sp³-hybridized carbons (Fsp3) is 0.296. The molecule has 7 heteroatoms. The first-order valence-corrected chi connectivity index (χ1v) is 11.4. The summed E-state index contributed by atoms with van der Waals surface area (Å²) in [5, 5.41) is 15.4. The van der Waals surface area contributed by atoms with Crippen molar-refractivity contribution in [3.63, 3.8) is 0 Å². The number of hydrogen-bond acceptors (Lipinski definition) is 6. The van der Waals surface area contributed by atoms with Crippen molar-refractivity contribution in [1.82, 2.24) is 10.3 Å². The van der Waals surface area contributed by atoms with Crippen molar-refractivity contribution in [2.45, 2.75) is 25.0 Å². The highest BCUT2D eigenvalue weighted by Crippen LogP contribution is 2.23. The molecule has 0 bridgehead atoms. The molecule has 4 rings (SSSR count). The minimum absolute atomic E-state index is 0.164. The molecule has 0 unspecified atom stereocenters. The van der Waals surface area contributed by atoms with Crippen molar-refractivity contribution in [2.24, 2.45) is 0 Å². The molecule has 1 saturated heterocycles. The summed E-state index contributed by atoms with van der Waals surface area (Å²) in [7, 11) is 1.72. The van der Waals surface area contributed by atoms with Gasteiger partial charge in [-0.3, -0.25) is 4.79 Å². The van der Waals surface area contributed by atoms with Gasteiger partial charge in [0.2, 0.25) is 5.91 Å². The van der Waals surface area contributed by atoms with E-state index in [1.54, 1.807) is 13.3 Å². The minimum Gasteiger partial charge on any atom is -0.378 e. The first kappa shape index (κ1) is 23.4. The second-order valence-corrected chi connectivity index (χ2v) is 8.54. The van der Waals surface area contributed by atoms with Crippen LogP contribution in [0.4, 0.5) is 11.5 Å². The third kappa shape index (κ3) is 5.60. The molecule has 0 spiro atoms. The van der Waals surface area contributed by atoms with Crippen LogP contribution in [0.15, 0.2) is 72.9 Å². The Balaban J connectivity index is 1.41. The number of pyridine rings is 1. The standard InChI is InChI=1S/C27H29N5O2/c1-19(21-10-8-20(14-28)9-11-21)15-30-26(22-6-4-3-5-7-22)27(33)31-25-13-12-23(16-29-25)32-17-24(18-32)34-2/h3-13,16,19,24,26,30H,15,17-18H2,1-2H3,(H,29,31,33)/t19-,26-/m0/s1. The van der Waals surface area contributed by atoms with E-state index in [1.165, 1.54) is 0 Å². The number of hydrogen-bond donors (Lipinski definition) is 2. The summed E-state index contributed by atoms with van der Waals surface area (Å²) in [5.74, 6) is 0.513. The van der Waals surface area contributed by atoms with Gasteiger partial charge in [0.25, 0.3) is 0 Å². The van der Waals surface area contributed by atoms with Crippen LogP contribution in [0, 0.1) is 11.3 Å². The van der Waals surface area contributed by atoms with Gasteiger partial charge >= 0.3 is 0 Å². The molecule has 174 valence electrons. The van der Waals surface area contributed by atoms with Crippen molar-refractivity contribution in [3.8, 4) is 6.07 Å². The molecule has 1 aromatic heterocycles. The number of aromatic nitrogens is 1. The fourth-order valence-corrected chi connectivity index (χ4v) is 3.95. The van der Waals surface area contributed by atoms with Gasteiger partial charge in [0.1, 0.15) is 11.9 Å². The van der Waals surface area contributed by atoms with Crippen molar-refractivity contribution in [2.75, 3.05) is 37.0 Å². The molecule has 1 aliphatic heterocycles. The average molecular weight is 456 g/mol. The number of methoxy groups -OCH3 is 1. The number of amides is 1. The Morgan fingerprint density at radius 2 is 1.85 bits per heavy atom. The molecule has 0 aliphatic carbocycles. The van der Waals surface area contributed by atoms with Gasteiger partial charge < -0.3 is 20.3 Å². The van der Waals surface area contributed by atoms with Gasteiger partial charge in [0.15, 0.2) is 0 Å². The van der Waals surface area contributed by atoms with Crippen LogP contribution in [-0.2, 0) is 9.53 Å². The predicted octanol–water partition coefficient (Wildman–Crippen LogP) is 3.86. The van der Waals surface area contributed by atoms with E-state index < -0.39 is 6.04 Å². The Hall–Kier alpha value is -3.73. The van der Waals surface area contributed by atoms with Crippen LogP contribution in [0.25, 0.3) is 0 Å². The van der Waals surface area contributed by atoms with Crippen LogP contribution < -0.4 is 15.5 Å². The number of carbonyl (C=O) groups excluding carboxylic acids is 1. The summed E-state index contributed by atoms with van der Waals surface area (Å²) in [6, 6.07) is 22.6. The number of carbonyl (C=O) groups is 1. The number of ether oxygens (including phenoxy) is 1. The molecule has 1 aliphatic rings. The predicted molar refractivity (Wildman–Crippen MR) is 133 cm³/mol. The molecule has 0 radical (unpaired) electrons. The van der Waals surface area contributed by atoms with E-state index in [1.807, 2.05) is 66.7 Å². The lowest BCUT2D eigenvalue weighted by Gasteiger charge is -2.39. The number of nitrogens with one attached hydrogen (secondary N) is 2. The number of benzene rings is 2. The van der Waals surface area contributed by atoms with E-state index in [4.69, 9.17) is 10.00 Å². The largest absolute Gasteiger partial charge is 0.378 e. The van der Waals surface area contributed by atoms with E-state index in [-0.39, 0.29) is 17.9 Å². The smallest absolute Gasteiger partial charge is 0.247 e. The monoisotopic (exact) mass is 455 g/mol. The van der Waals surface area contributed by atoms with E-state index >= 15 is 0 Å². The quantitative estimate of drug-likeness (QED) is 0.509. The third-order valence-electron chi connectivity index (χ3n) is 6.18. The maximum Gasteiger partial charge on any atom is 0.247 e. The number of nitrogens with zero attached hydrogens (tertiary/aromatic N) is 3. The van der Waals surface area contributed by atoms with Gasteiger partial charge in [-0.15, -0.1) is 0 Å². The minimum atomic E-state index is -0.527. The molecule has 2 N–H and O–H groups in total. The lowest BCUT2D eigenvalue weighted by atomic mass is 9.98. The summed E-state index contributed by atoms with van der Waals surface area (Å²) in [4.78, 5) is 19.9. The molecule has 2 heterocycles. The van der Waals surface area contributed by atoms with E-state index in [0.29, 0.717) is 17.9 Å². The van der Waals surface area contributed by atoms with Crippen LogP contribution in [0.5, 0.6) is 0 Å². The lowest BCUT2D eigenvalue weighted by Crippen LogP contribution is -2.51. The highest BCUT2D eigenvalue weighted by atomic mass is 16.5. The maximum atomic E-state index is 13.2. The Kier molecular flexibility index (Phi) is 7.53. The van der Waals surface area contributed by atoms with Gasteiger partial charge in [-0.2, -0.15) is 5.26 Å². The van der Waals surface area contributed by atoms with Gasteiger partial charge in [-0.25, -0.2) is 4.98 Å². The molecule has 0 saturated carbocycles. The van der Waals surface area contributed by atoms with Crippen LogP contribution in [0.2, 0.25) is 0 Å². The summed E-state index contributed by atoms with van der Waals surface area (Å²) < 4.78 is 5.32. The molecule has 3 aromatic rings. The molecule has 2 atom stereocenters. The average Bonchev–Trinajstić information content (AvgIpc) is 2.85. The van der Waals surface area contributed by atoms with Crippen LogP contribution >= 0.6 is 0 Å². The summed E-state index contributed by atoms with van der Waals surface area (Å²) in [5.41, 5.74) is 3.64. The molecule has 34 heavy (non-hydrogen) atoms. The second kappa shape index (κ2) is 10.9. The van der Waals surface area contributed by atoms with E-state index in [2.05, 4.69) is 33.5 Å². The normalized spacial score (nSPS) is 15.1. The Labute approximate surface area is 200 Å². The Morgan fingerprint density at radius 1 is 1.12 bits per heavy atom. The van der Waals surface area contributed by atoms with E-state index in [9.17, 15) is 4.79 Å². The van der Waals surface area contributed by atoms with Crippen molar-refractivity contribution in [1.29, 1.82) is 5.26 Å². The van der Waals surface area contributed by atoms with Gasteiger partial charge in [0.05, 0.1) is 29.6 Å². The fourth-order valence-electron chi connectivity index (χ4n) is 3.95. The maximum absolute atomic E-state index is 13.2. The molecule has 1 amide bonds. The Morgan fingerprint density at radius 3 is 2.47 bits per heavy atom. The number of rotatable bonds is 9.